The van der Waals surface area contributed by atoms with Crippen LogP contribution in [0.2, 0.25) is 0 Å². The zero-order valence-corrected chi connectivity index (χ0v) is 17.1. The first-order valence-electron chi connectivity index (χ1n) is 10.6. The first-order chi connectivity index (χ1) is 14.7. The van der Waals surface area contributed by atoms with Crippen molar-refractivity contribution in [3.63, 3.8) is 0 Å². The van der Waals surface area contributed by atoms with Crippen LogP contribution in [0.3, 0.4) is 0 Å². The number of hydrogen-bond acceptors (Lipinski definition) is 1. The maximum atomic E-state index is 13.3. The fourth-order valence-electron chi connectivity index (χ4n) is 4.46. The van der Waals surface area contributed by atoms with Crippen LogP contribution < -0.4 is 0 Å². The molecule has 0 saturated heterocycles. The Kier molecular flexibility index (Phi) is 4.80. The van der Waals surface area contributed by atoms with Gasteiger partial charge in [-0.25, -0.2) is 0 Å². The van der Waals surface area contributed by atoms with E-state index in [2.05, 4.69) is 104 Å². The van der Waals surface area contributed by atoms with E-state index >= 15 is 0 Å². The maximum absolute atomic E-state index is 13.3. The van der Waals surface area contributed by atoms with Crippen LogP contribution in [-0.4, -0.2) is 5.78 Å². The van der Waals surface area contributed by atoms with Crippen molar-refractivity contribution in [2.45, 2.75) is 19.8 Å². The third kappa shape index (κ3) is 3.71. The number of carbonyl (C=O) groups excluding carboxylic acids is 1. The fraction of sp³-hybridized carbons (Fsp3) is 0.138. The maximum Gasteiger partial charge on any atom is 0.185 e. The van der Waals surface area contributed by atoms with Crippen molar-refractivity contribution in [1.29, 1.82) is 0 Å². The van der Waals surface area contributed by atoms with Crippen molar-refractivity contribution in [1.82, 2.24) is 0 Å². The van der Waals surface area contributed by atoms with E-state index in [1.165, 1.54) is 21.5 Å². The molecule has 0 atom stereocenters. The zero-order chi connectivity index (χ0) is 20.5. The van der Waals surface area contributed by atoms with Crippen LogP contribution in [-0.2, 0) is 4.79 Å². The van der Waals surface area contributed by atoms with Gasteiger partial charge in [0.15, 0.2) is 5.78 Å². The Morgan fingerprint density at radius 2 is 1.07 bits per heavy atom. The Balaban J connectivity index is 1.50. The van der Waals surface area contributed by atoms with Gasteiger partial charge in [0.2, 0.25) is 0 Å². The minimum Gasteiger partial charge on any atom is -0.289 e. The molecule has 1 heteroatoms. The molecule has 30 heavy (non-hydrogen) atoms. The highest BCUT2D eigenvalue weighted by Crippen LogP contribution is 2.33. The molecule has 0 aliphatic heterocycles. The molecule has 0 radical (unpaired) electrons. The van der Waals surface area contributed by atoms with Crippen molar-refractivity contribution in [2.75, 3.05) is 0 Å². The van der Waals surface area contributed by atoms with Crippen LogP contribution in [0.4, 0.5) is 0 Å². The lowest BCUT2D eigenvalue weighted by atomic mass is 9.80. The van der Waals surface area contributed by atoms with Gasteiger partial charge in [-0.05, 0) is 75.7 Å². The second kappa shape index (κ2) is 7.76. The summed E-state index contributed by atoms with van der Waals surface area (Å²) in [6.07, 6.45) is 5.83. The van der Waals surface area contributed by atoms with Crippen molar-refractivity contribution in [2.24, 2.45) is 5.92 Å². The molecule has 1 aliphatic rings. The highest BCUT2D eigenvalue weighted by molar-refractivity contribution is 6.14. The quantitative estimate of drug-likeness (QED) is 0.326. The number of allylic oxidation sites excluding steroid dienone is 2. The van der Waals surface area contributed by atoms with Gasteiger partial charge in [0.1, 0.15) is 0 Å². The van der Waals surface area contributed by atoms with Gasteiger partial charge in [0.25, 0.3) is 0 Å². The summed E-state index contributed by atoms with van der Waals surface area (Å²) < 4.78 is 0. The molecule has 5 rings (SSSR count). The standard InChI is InChI=1S/C29H24O/c1-20-14-27(18-21-10-12-23-6-2-4-8-25(23)16-21)29(30)28(15-20)19-22-11-13-24-7-3-5-9-26(24)17-22/h2-13,16-20H,14-15H2,1H3. The fourth-order valence-corrected chi connectivity index (χ4v) is 4.46. The predicted octanol–water partition coefficient (Wildman–Crippen LogP) is 7.46. The molecule has 4 aromatic rings. The third-order valence-corrected chi connectivity index (χ3v) is 5.95. The van der Waals surface area contributed by atoms with E-state index in [1.807, 2.05) is 0 Å². The van der Waals surface area contributed by atoms with Crippen LogP contribution in [0.25, 0.3) is 33.7 Å². The molecule has 0 N–H and O–H groups in total. The summed E-state index contributed by atoms with van der Waals surface area (Å²) >= 11 is 0. The summed E-state index contributed by atoms with van der Waals surface area (Å²) in [5.41, 5.74) is 4.01. The zero-order valence-electron chi connectivity index (χ0n) is 17.1. The number of ketones is 1. The molecule has 0 bridgehead atoms. The number of hydrogen-bond donors (Lipinski definition) is 0. The van der Waals surface area contributed by atoms with Gasteiger partial charge >= 0.3 is 0 Å². The molecule has 1 saturated carbocycles. The Labute approximate surface area is 177 Å². The van der Waals surface area contributed by atoms with Gasteiger partial charge in [-0.2, -0.15) is 0 Å². The van der Waals surface area contributed by atoms with E-state index in [-0.39, 0.29) is 5.78 Å². The number of Topliss-reactive ketones (excluding diaryl/α,β-unsaturated/α-hetero) is 1. The van der Waals surface area contributed by atoms with Crippen LogP contribution >= 0.6 is 0 Å². The molecule has 1 nitrogen and oxygen atoms in total. The van der Waals surface area contributed by atoms with Crippen molar-refractivity contribution < 1.29 is 4.79 Å². The van der Waals surface area contributed by atoms with Gasteiger partial charge in [-0.15, -0.1) is 0 Å². The van der Waals surface area contributed by atoms with Crippen LogP contribution in [0.1, 0.15) is 30.9 Å². The van der Waals surface area contributed by atoms with Crippen molar-refractivity contribution in [3.8, 4) is 0 Å². The number of carbonyl (C=O) groups is 1. The van der Waals surface area contributed by atoms with E-state index < -0.39 is 0 Å². The lowest BCUT2D eigenvalue weighted by molar-refractivity contribution is -0.113. The van der Waals surface area contributed by atoms with E-state index in [1.54, 1.807) is 0 Å². The lowest BCUT2D eigenvalue weighted by Gasteiger charge is -2.22. The molecule has 0 amide bonds. The average Bonchev–Trinajstić information content (AvgIpc) is 2.77. The Hall–Kier alpha value is -3.45. The minimum atomic E-state index is 0.189. The summed E-state index contributed by atoms with van der Waals surface area (Å²) in [6, 6.07) is 29.5. The van der Waals surface area contributed by atoms with E-state index in [0.717, 1.165) is 35.1 Å². The van der Waals surface area contributed by atoms with Gasteiger partial charge in [0.05, 0.1) is 0 Å². The van der Waals surface area contributed by atoms with Crippen LogP contribution in [0.5, 0.6) is 0 Å². The third-order valence-electron chi connectivity index (χ3n) is 5.95. The minimum absolute atomic E-state index is 0.189. The predicted molar refractivity (Wildman–Crippen MR) is 127 cm³/mol. The van der Waals surface area contributed by atoms with E-state index in [9.17, 15) is 4.79 Å². The molecule has 4 aromatic carbocycles. The van der Waals surface area contributed by atoms with Gasteiger partial charge < -0.3 is 0 Å². The molecule has 0 unspecified atom stereocenters. The first-order valence-corrected chi connectivity index (χ1v) is 10.6. The molecule has 0 spiro atoms. The summed E-state index contributed by atoms with van der Waals surface area (Å²) in [7, 11) is 0. The largest absolute Gasteiger partial charge is 0.289 e. The lowest BCUT2D eigenvalue weighted by Crippen LogP contribution is -2.18. The van der Waals surface area contributed by atoms with Crippen LogP contribution in [0, 0.1) is 5.92 Å². The first kappa shape index (κ1) is 18.6. The molecule has 0 heterocycles. The molecule has 1 fully saturated rings. The van der Waals surface area contributed by atoms with Crippen molar-refractivity contribution in [3.05, 3.63) is 107 Å². The smallest absolute Gasteiger partial charge is 0.185 e. The average molecular weight is 389 g/mol. The summed E-state index contributed by atoms with van der Waals surface area (Å²) in [4.78, 5) is 13.3. The van der Waals surface area contributed by atoms with Gasteiger partial charge in [-0.1, -0.05) is 79.7 Å². The topological polar surface area (TPSA) is 17.1 Å². The summed E-state index contributed by atoms with van der Waals surface area (Å²) in [5, 5.41) is 4.85. The highest BCUT2D eigenvalue weighted by Gasteiger charge is 2.25. The number of rotatable bonds is 2. The van der Waals surface area contributed by atoms with Gasteiger partial charge in [-0.3, -0.25) is 4.79 Å². The van der Waals surface area contributed by atoms with Crippen molar-refractivity contribution >= 4 is 39.5 Å². The SMILES string of the molecule is CC1CC(=Cc2ccc3ccccc3c2)C(=O)C(=Cc2ccc3ccccc3c2)C1. The van der Waals surface area contributed by atoms with Gasteiger partial charge in [0, 0.05) is 11.1 Å². The Morgan fingerprint density at radius 1 is 0.633 bits per heavy atom. The van der Waals surface area contributed by atoms with E-state index in [4.69, 9.17) is 0 Å². The second-order valence-electron chi connectivity index (χ2n) is 8.39. The molecule has 146 valence electrons. The summed E-state index contributed by atoms with van der Waals surface area (Å²) in [5.74, 6) is 0.649. The highest BCUT2D eigenvalue weighted by atomic mass is 16.1. The molecule has 1 aliphatic carbocycles. The monoisotopic (exact) mass is 388 g/mol. The Bertz CT molecular complexity index is 1220. The molecule has 0 aromatic heterocycles. The molecular weight excluding hydrogens is 364 g/mol. The Morgan fingerprint density at radius 3 is 1.53 bits per heavy atom. The normalized spacial score (nSPS) is 19.8. The summed E-state index contributed by atoms with van der Waals surface area (Å²) in [6.45, 7) is 2.23. The van der Waals surface area contributed by atoms with Crippen LogP contribution in [0.15, 0.2) is 96.1 Å². The molecular formula is C29H24O. The number of fused-ring (bicyclic) bond motifs is 2. The van der Waals surface area contributed by atoms with E-state index in [0.29, 0.717) is 5.92 Å². The second-order valence-corrected chi connectivity index (χ2v) is 8.39. The number of benzene rings is 4.